The molecule has 2 heterocycles. The molecule has 2 fully saturated rings. The summed E-state index contributed by atoms with van der Waals surface area (Å²) in [5.74, 6) is 0.00790. The van der Waals surface area contributed by atoms with Crippen molar-refractivity contribution in [1.29, 1.82) is 0 Å². The van der Waals surface area contributed by atoms with Crippen LogP contribution in [-0.4, -0.2) is 67.7 Å². The summed E-state index contributed by atoms with van der Waals surface area (Å²) in [6.45, 7) is 5.26. The van der Waals surface area contributed by atoms with Gasteiger partial charge in [0.2, 0.25) is 11.8 Å². The Labute approximate surface area is 154 Å². The van der Waals surface area contributed by atoms with Crippen LogP contribution in [0.5, 0.6) is 0 Å². The molecule has 0 aromatic heterocycles. The third kappa shape index (κ3) is 5.27. The average molecular weight is 360 g/mol. The van der Waals surface area contributed by atoms with Crippen LogP contribution in [0.2, 0.25) is 0 Å². The second-order valence-electron chi connectivity index (χ2n) is 6.98. The Morgan fingerprint density at radius 2 is 1.96 bits per heavy atom. The van der Waals surface area contributed by atoms with Crippen LogP contribution in [-0.2, 0) is 14.3 Å². The average Bonchev–Trinajstić information content (AvgIpc) is 2.64. The smallest absolute Gasteiger partial charge is 0.240 e. The Balaban J connectivity index is 1.38. The van der Waals surface area contributed by atoms with E-state index in [1.165, 1.54) is 0 Å². The van der Waals surface area contributed by atoms with Gasteiger partial charge in [-0.1, -0.05) is 18.2 Å². The number of benzene rings is 1. The molecule has 0 unspecified atom stereocenters. The van der Waals surface area contributed by atoms with Crippen LogP contribution < -0.4 is 16.0 Å². The molecule has 3 rings (SSSR count). The molecular formula is C19H28N4O3. The number of hydrogen-bond donors (Lipinski definition) is 3. The number of carbonyl (C=O) groups is 2. The molecule has 26 heavy (non-hydrogen) atoms. The predicted molar refractivity (Wildman–Crippen MR) is 99.9 cm³/mol. The fourth-order valence-electron chi connectivity index (χ4n) is 3.48. The summed E-state index contributed by atoms with van der Waals surface area (Å²) in [5, 5.41) is 9.25. The number of amides is 2. The van der Waals surface area contributed by atoms with E-state index in [9.17, 15) is 9.59 Å². The van der Waals surface area contributed by atoms with Crippen molar-refractivity contribution in [2.45, 2.75) is 38.0 Å². The molecule has 0 bridgehead atoms. The monoisotopic (exact) mass is 360 g/mol. The first-order valence-corrected chi connectivity index (χ1v) is 9.34. The molecule has 0 spiro atoms. The largest absolute Gasteiger partial charge is 0.375 e. The van der Waals surface area contributed by atoms with Gasteiger partial charge in [0.25, 0.3) is 0 Å². The number of para-hydroxylation sites is 1. The van der Waals surface area contributed by atoms with Crippen molar-refractivity contribution in [1.82, 2.24) is 15.5 Å². The van der Waals surface area contributed by atoms with E-state index >= 15 is 0 Å². The molecule has 0 aliphatic carbocycles. The van der Waals surface area contributed by atoms with Crippen LogP contribution in [0.15, 0.2) is 30.3 Å². The van der Waals surface area contributed by atoms with Crippen LogP contribution in [0.4, 0.5) is 5.69 Å². The molecule has 2 aliphatic heterocycles. The number of piperidine rings is 1. The summed E-state index contributed by atoms with van der Waals surface area (Å²) in [4.78, 5) is 26.7. The maximum absolute atomic E-state index is 12.4. The van der Waals surface area contributed by atoms with E-state index in [4.69, 9.17) is 4.74 Å². The SMILES string of the molecule is C[C@H]1OCCN[C@@H]1C(=O)NC1CCN(CC(=O)Nc2ccccc2)CC1. The molecule has 0 saturated carbocycles. The zero-order chi connectivity index (χ0) is 18.4. The molecule has 2 aliphatic rings. The van der Waals surface area contributed by atoms with Gasteiger partial charge >= 0.3 is 0 Å². The molecule has 1 aromatic carbocycles. The third-order valence-electron chi connectivity index (χ3n) is 4.96. The van der Waals surface area contributed by atoms with Crippen LogP contribution in [0, 0.1) is 0 Å². The Morgan fingerprint density at radius 1 is 1.23 bits per heavy atom. The lowest BCUT2D eigenvalue weighted by Gasteiger charge is -2.34. The first-order valence-electron chi connectivity index (χ1n) is 9.34. The molecule has 7 nitrogen and oxygen atoms in total. The normalized spacial score (nSPS) is 24.8. The summed E-state index contributed by atoms with van der Waals surface area (Å²) in [7, 11) is 0. The molecule has 2 saturated heterocycles. The minimum Gasteiger partial charge on any atom is -0.375 e. The fourth-order valence-corrected chi connectivity index (χ4v) is 3.48. The summed E-state index contributed by atoms with van der Waals surface area (Å²) in [6.07, 6.45) is 1.60. The molecule has 7 heteroatoms. The predicted octanol–water partition coefficient (Wildman–Crippen LogP) is 0.583. The number of likely N-dealkylation sites (tertiary alicyclic amines) is 1. The number of ether oxygens (including phenoxy) is 1. The summed E-state index contributed by atoms with van der Waals surface area (Å²) >= 11 is 0. The van der Waals surface area contributed by atoms with Crippen molar-refractivity contribution in [2.75, 3.05) is 38.1 Å². The van der Waals surface area contributed by atoms with Crippen LogP contribution in [0.25, 0.3) is 0 Å². The van der Waals surface area contributed by atoms with Crippen molar-refractivity contribution in [3.63, 3.8) is 0 Å². The van der Waals surface area contributed by atoms with Crippen molar-refractivity contribution in [2.24, 2.45) is 0 Å². The molecule has 1 aromatic rings. The first-order chi connectivity index (χ1) is 12.6. The minimum absolute atomic E-state index is 0.00364. The number of hydrogen-bond acceptors (Lipinski definition) is 5. The van der Waals surface area contributed by atoms with Crippen LogP contribution >= 0.6 is 0 Å². The first kappa shape index (κ1) is 18.8. The maximum Gasteiger partial charge on any atom is 0.240 e. The lowest BCUT2D eigenvalue weighted by atomic mass is 10.0. The third-order valence-corrected chi connectivity index (χ3v) is 4.96. The Bertz CT molecular complexity index is 602. The van der Waals surface area contributed by atoms with E-state index in [0.717, 1.165) is 31.6 Å². The lowest BCUT2D eigenvalue weighted by Crippen LogP contribution is -2.58. The number of anilines is 1. The summed E-state index contributed by atoms with van der Waals surface area (Å²) in [5.41, 5.74) is 0.816. The number of morpholine rings is 1. The topological polar surface area (TPSA) is 82.7 Å². The zero-order valence-electron chi connectivity index (χ0n) is 15.2. The fraction of sp³-hybridized carbons (Fsp3) is 0.579. The van der Waals surface area contributed by atoms with E-state index < -0.39 is 0 Å². The van der Waals surface area contributed by atoms with Crippen molar-refractivity contribution in [3.05, 3.63) is 30.3 Å². The number of nitrogens with one attached hydrogen (secondary N) is 3. The highest BCUT2D eigenvalue weighted by atomic mass is 16.5. The molecule has 0 radical (unpaired) electrons. The van der Waals surface area contributed by atoms with Crippen molar-refractivity contribution >= 4 is 17.5 Å². The van der Waals surface area contributed by atoms with E-state index in [2.05, 4.69) is 20.9 Å². The highest BCUT2D eigenvalue weighted by Gasteiger charge is 2.30. The second kappa shape index (κ2) is 9.12. The van der Waals surface area contributed by atoms with Gasteiger partial charge < -0.3 is 20.7 Å². The van der Waals surface area contributed by atoms with Gasteiger partial charge in [-0.05, 0) is 31.9 Å². The van der Waals surface area contributed by atoms with Gasteiger partial charge in [-0.3, -0.25) is 14.5 Å². The van der Waals surface area contributed by atoms with Crippen LogP contribution in [0.1, 0.15) is 19.8 Å². The number of nitrogens with zero attached hydrogens (tertiary/aromatic N) is 1. The number of rotatable bonds is 5. The molecule has 142 valence electrons. The molecule has 2 atom stereocenters. The Morgan fingerprint density at radius 3 is 2.65 bits per heavy atom. The maximum atomic E-state index is 12.4. The van der Waals surface area contributed by atoms with Crippen molar-refractivity contribution in [3.8, 4) is 0 Å². The summed E-state index contributed by atoms with van der Waals surface area (Å²) in [6, 6.07) is 9.36. The van der Waals surface area contributed by atoms with Crippen LogP contribution in [0.3, 0.4) is 0 Å². The van der Waals surface area contributed by atoms with E-state index in [1.54, 1.807) is 0 Å². The summed E-state index contributed by atoms with van der Waals surface area (Å²) < 4.78 is 5.53. The molecular weight excluding hydrogens is 332 g/mol. The van der Waals surface area contributed by atoms with Gasteiger partial charge in [-0.15, -0.1) is 0 Å². The highest BCUT2D eigenvalue weighted by Crippen LogP contribution is 2.12. The quantitative estimate of drug-likeness (QED) is 0.716. The Kier molecular flexibility index (Phi) is 6.60. The second-order valence-corrected chi connectivity index (χ2v) is 6.98. The van der Waals surface area contributed by atoms with Crippen molar-refractivity contribution < 1.29 is 14.3 Å². The van der Waals surface area contributed by atoms with Gasteiger partial charge in [0.15, 0.2) is 0 Å². The van der Waals surface area contributed by atoms with Gasteiger partial charge in [0.05, 0.1) is 19.3 Å². The Hall–Kier alpha value is -1.96. The lowest BCUT2D eigenvalue weighted by molar-refractivity contribution is -0.130. The van der Waals surface area contributed by atoms with Gasteiger partial charge in [0, 0.05) is 31.4 Å². The van der Waals surface area contributed by atoms with E-state index in [0.29, 0.717) is 19.7 Å². The number of carbonyl (C=O) groups excluding carboxylic acids is 2. The molecule has 2 amide bonds. The highest BCUT2D eigenvalue weighted by molar-refractivity contribution is 5.92. The zero-order valence-corrected chi connectivity index (χ0v) is 15.2. The van der Waals surface area contributed by atoms with Gasteiger partial charge in [-0.25, -0.2) is 0 Å². The minimum atomic E-state index is -0.279. The van der Waals surface area contributed by atoms with E-state index in [-0.39, 0.29) is 30.0 Å². The van der Waals surface area contributed by atoms with Gasteiger partial charge in [0.1, 0.15) is 6.04 Å². The van der Waals surface area contributed by atoms with E-state index in [1.807, 2.05) is 37.3 Å². The van der Waals surface area contributed by atoms with Gasteiger partial charge in [-0.2, -0.15) is 0 Å². The molecule has 3 N–H and O–H groups in total. The standard InChI is InChI=1S/C19H28N4O3/c1-14-18(20-9-12-26-14)19(25)22-16-7-10-23(11-8-16)13-17(24)21-15-5-3-2-4-6-15/h2-6,14,16,18,20H,7-13H2,1H3,(H,21,24)(H,22,25)/t14-,18+/m1/s1.